The molecule has 1 spiro atoms. The minimum absolute atomic E-state index is 0.244. The Kier molecular flexibility index (Phi) is 3.12. The zero-order valence-corrected chi connectivity index (χ0v) is 11.3. The third-order valence-corrected chi connectivity index (χ3v) is 4.45. The predicted octanol–water partition coefficient (Wildman–Crippen LogP) is 2.50. The van der Waals surface area contributed by atoms with Gasteiger partial charge in [-0.15, -0.1) is 0 Å². The third kappa shape index (κ3) is 2.29. The van der Waals surface area contributed by atoms with E-state index in [0.29, 0.717) is 6.04 Å². The molecule has 1 aromatic rings. The lowest BCUT2D eigenvalue weighted by molar-refractivity contribution is -0.0563. The Bertz CT molecular complexity index is 440. The summed E-state index contributed by atoms with van der Waals surface area (Å²) in [5, 5.41) is 3.58. The highest BCUT2D eigenvalue weighted by molar-refractivity contribution is 5.20. The molecule has 1 saturated carbocycles. The van der Waals surface area contributed by atoms with Crippen molar-refractivity contribution in [2.24, 2.45) is 0 Å². The van der Waals surface area contributed by atoms with E-state index in [0.717, 1.165) is 24.5 Å². The Morgan fingerprint density at radius 2 is 2.22 bits per heavy atom. The van der Waals surface area contributed by atoms with E-state index in [4.69, 9.17) is 4.74 Å². The van der Waals surface area contributed by atoms with Crippen LogP contribution in [-0.2, 0) is 11.3 Å². The van der Waals surface area contributed by atoms with Crippen LogP contribution in [0.2, 0.25) is 0 Å². The van der Waals surface area contributed by atoms with Gasteiger partial charge >= 0.3 is 0 Å². The number of aryl methyl sites for hydroxylation is 2. The quantitative estimate of drug-likeness (QED) is 0.889. The summed E-state index contributed by atoms with van der Waals surface area (Å²) in [6.07, 6.45) is 5.03. The largest absolute Gasteiger partial charge is 0.373 e. The lowest BCUT2D eigenvalue weighted by atomic mass is 9.77. The summed E-state index contributed by atoms with van der Waals surface area (Å²) in [5.41, 5.74) is 3.77. The first-order valence-electron chi connectivity index (χ1n) is 6.97. The zero-order valence-electron chi connectivity index (χ0n) is 11.3. The number of pyridine rings is 1. The maximum absolute atomic E-state index is 5.94. The van der Waals surface area contributed by atoms with Crippen LogP contribution in [0.1, 0.15) is 42.6 Å². The van der Waals surface area contributed by atoms with E-state index in [1.807, 2.05) is 0 Å². The van der Waals surface area contributed by atoms with Crippen LogP contribution in [0.25, 0.3) is 0 Å². The molecule has 0 aromatic carbocycles. The Hall–Kier alpha value is -0.930. The van der Waals surface area contributed by atoms with E-state index < -0.39 is 0 Å². The molecule has 2 fully saturated rings. The van der Waals surface area contributed by atoms with E-state index in [9.17, 15) is 0 Å². The first-order chi connectivity index (χ1) is 8.67. The van der Waals surface area contributed by atoms with E-state index in [1.165, 1.54) is 31.2 Å². The molecule has 3 rings (SSSR count). The molecule has 1 aromatic heterocycles. The molecule has 18 heavy (non-hydrogen) atoms. The Labute approximate surface area is 109 Å². The van der Waals surface area contributed by atoms with Crippen molar-refractivity contribution in [2.45, 2.75) is 57.7 Å². The van der Waals surface area contributed by atoms with Crippen LogP contribution in [0.5, 0.6) is 0 Å². The molecule has 0 amide bonds. The molecule has 1 saturated heterocycles. The summed E-state index contributed by atoms with van der Waals surface area (Å²) in [6.45, 7) is 5.89. The van der Waals surface area contributed by atoms with Crippen LogP contribution in [0.3, 0.4) is 0 Å². The van der Waals surface area contributed by atoms with Crippen LogP contribution in [0.15, 0.2) is 12.1 Å². The first-order valence-corrected chi connectivity index (χ1v) is 6.97. The molecule has 3 nitrogen and oxygen atoms in total. The van der Waals surface area contributed by atoms with Gasteiger partial charge in [-0.3, -0.25) is 4.98 Å². The molecule has 0 unspecified atom stereocenters. The summed E-state index contributed by atoms with van der Waals surface area (Å²) in [5.74, 6) is 0. The first kappa shape index (κ1) is 12.1. The Balaban J connectivity index is 1.53. The maximum Gasteiger partial charge on any atom is 0.0699 e. The van der Waals surface area contributed by atoms with Crippen molar-refractivity contribution in [3.05, 3.63) is 29.1 Å². The fourth-order valence-corrected chi connectivity index (χ4v) is 2.92. The van der Waals surface area contributed by atoms with Gasteiger partial charge in [-0.1, -0.05) is 6.07 Å². The molecule has 1 N–H and O–H groups in total. The zero-order chi connectivity index (χ0) is 12.6. The van der Waals surface area contributed by atoms with Gasteiger partial charge in [0.1, 0.15) is 0 Å². The molecule has 2 aliphatic rings. The molecule has 1 atom stereocenters. The number of nitrogens with one attached hydrogen (secondary N) is 1. The number of nitrogens with zero attached hydrogens (tertiary/aromatic N) is 1. The van der Waals surface area contributed by atoms with Crippen LogP contribution in [0.4, 0.5) is 0 Å². The second-order valence-corrected chi connectivity index (χ2v) is 5.83. The lowest BCUT2D eigenvalue weighted by Crippen LogP contribution is -2.37. The summed E-state index contributed by atoms with van der Waals surface area (Å²) >= 11 is 0. The Morgan fingerprint density at radius 1 is 1.39 bits per heavy atom. The number of ether oxygens (including phenoxy) is 1. The molecular formula is C15H22N2O. The van der Waals surface area contributed by atoms with Crippen molar-refractivity contribution in [3.8, 4) is 0 Å². The smallest absolute Gasteiger partial charge is 0.0699 e. The van der Waals surface area contributed by atoms with Gasteiger partial charge in [0, 0.05) is 18.3 Å². The predicted molar refractivity (Wildman–Crippen MR) is 71.5 cm³/mol. The monoisotopic (exact) mass is 246 g/mol. The highest BCUT2D eigenvalue weighted by Gasteiger charge is 2.44. The fraction of sp³-hybridized carbons (Fsp3) is 0.667. The van der Waals surface area contributed by atoms with Gasteiger partial charge in [0.2, 0.25) is 0 Å². The van der Waals surface area contributed by atoms with Gasteiger partial charge in [-0.2, -0.15) is 0 Å². The molecular weight excluding hydrogens is 224 g/mol. The van der Waals surface area contributed by atoms with Crippen molar-refractivity contribution in [1.29, 1.82) is 0 Å². The van der Waals surface area contributed by atoms with Gasteiger partial charge in [0.05, 0.1) is 17.9 Å². The second-order valence-electron chi connectivity index (χ2n) is 5.83. The number of hydrogen-bond acceptors (Lipinski definition) is 3. The van der Waals surface area contributed by atoms with E-state index in [2.05, 4.69) is 36.3 Å². The van der Waals surface area contributed by atoms with Gasteiger partial charge < -0.3 is 10.1 Å². The minimum Gasteiger partial charge on any atom is -0.373 e. The molecule has 0 radical (unpaired) electrons. The number of aromatic nitrogens is 1. The Morgan fingerprint density at radius 3 is 2.83 bits per heavy atom. The highest BCUT2D eigenvalue weighted by Crippen LogP contribution is 2.43. The molecule has 1 aliphatic heterocycles. The molecule has 0 bridgehead atoms. The van der Waals surface area contributed by atoms with Crippen LogP contribution in [-0.4, -0.2) is 23.2 Å². The average Bonchev–Trinajstić information content (AvgIpc) is 2.75. The van der Waals surface area contributed by atoms with Crippen LogP contribution in [0, 0.1) is 13.8 Å². The minimum atomic E-state index is 0.244. The van der Waals surface area contributed by atoms with Crippen LogP contribution < -0.4 is 5.32 Å². The van der Waals surface area contributed by atoms with Gasteiger partial charge in [0.15, 0.2) is 0 Å². The average molecular weight is 246 g/mol. The highest BCUT2D eigenvalue weighted by atomic mass is 16.5. The lowest BCUT2D eigenvalue weighted by Gasteiger charge is -2.37. The summed E-state index contributed by atoms with van der Waals surface area (Å²) < 4.78 is 5.94. The van der Waals surface area contributed by atoms with Gasteiger partial charge in [-0.25, -0.2) is 0 Å². The summed E-state index contributed by atoms with van der Waals surface area (Å²) in [4.78, 5) is 4.60. The van der Waals surface area contributed by atoms with Crippen LogP contribution >= 0.6 is 0 Å². The third-order valence-electron chi connectivity index (χ3n) is 4.45. The van der Waals surface area contributed by atoms with Crippen molar-refractivity contribution < 1.29 is 4.74 Å². The topological polar surface area (TPSA) is 34.1 Å². The van der Waals surface area contributed by atoms with Gasteiger partial charge in [0.25, 0.3) is 0 Å². The molecule has 2 heterocycles. The SMILES string of the molecule is Cc1ccc(CN[C@@H]2COC3(CCC3)C2)nc1C. The van der Waals surface area contributed by atoms with E-state index in [1.54, 1.807) is 0 Å². The molecule has 98 valence electrons. The maximum atomic E-state index is 5.94. The molecule has 1 aliphatic carbocycles. The van der Waals surface area contributed by atoms with Crippen molar-refractivity contribution in [3.63, 3.8) is 0 Å². The summed E-state index contributed by atoms with van der Waals surface area (Å²) in [7, 11) is 0. The second kappa shape index (κ2) is 4.63. The van der Waals surface area contributed by atoms with E-state index in [-0.39, 0.29) is 5.60 Å². The standard InChI is InChI=1S/C15H22N2O/c1-11-4-5-13(17-12(11)2)9-16-14-8-15(18-10-14)6-3-7-15/h4-5,14,16H,3,6-10H2,1-2H3/t14-/m0/s1. The fourth-order valence-electron chi connectivity index (χ4n) is 2.92. The number of rotatable bonds is 3. The summed E-state index contributed by atoms with van der Waals surface area (Å²) in [6, 6.07) is 4.77. The van der Waals surface area contributed by atoms with Crippen molar-refractivity contribution in [1.82, 2.24) is 10.3 Å². The van der Waals surface area contributed by atoms with E-state index >= 15 is 0 Å². The van der Waals surface area contributed by atoms with Gasteiger partial charge in [-0.05, 0) is 51.2 Å². The number of hydrogen-bond donors (Lipinski definition) is 1. The van der Waals surface area contributed by atoms with Crippen molar-refractivity contribution in [2.75, 3.05) is 6.61 Å². The normalized spacial score (nSPS) is 25.3. The van der Waals surface area contributed by atoms with Crippen molar-refractivity contribution >= 4 is 0 Å². The molecule has 3 heteroatoms.